The molecule has 0 unspecified atom stereocenters. The van der Waals surface area contributed by atoms with Gasteiger partial charge in [0.1, 0.15) is 11.6 Å². The van der Waals surface area contributed by atoms with Gasteiger partial charge in [-0.3, -0.25) is 9.59 Å². The fourth-order valence-electron chi connectivity index (χ4n) is 5.00. The Hall–Kier alpha value is -5.22. The van der Waals surface area contributed by atoms with Gasteiger partial charge in [-0.1, -0.05) is 30.3 Å². The minimum atomic E-state index is -3.13. The maximum Gasteiger partial charge on any atom is 0.255 e. The van der Waals surface area contributed by atoms with Crippen LogP contribution in [-0.4, -0.2) is 40.1 Å². The van der Waals surface area contributed by atoms with Gasteiger partial charge < -0.3 is 20.4 Å². The fourth-order valence-corrected chi connectivity index (χ4v) is 5.63. The van der Waals surface area contributed by atoms with Crippen molar-refractivity contribution in [3.05, 3.63) is 119 Å². The first-order valence-electron chi connectivity index (χ1n) is 13.0. The Labute approximate surface area is 241 Å². The lowest BCUT2D eigenvalue weighted by Crippen LogP contribution is -2.12. The van der Waals surface area contributed by atoms with Crippen LogP contribution in [0.5, 0.6) is 5.75 Å². The second-order valence-corrected chi connectivity index (χ2v) is 11.8. The molecule has 42 heavy (non-hydrogen) atoms. The van der Waals surface area contributed by atoms with Gasteiger partial charge in [0, 0.05) is 48.6 Å². The third-order valence-corrected chi connectivity index (χ3v) is 7.96. The van der Waals surface area contributed by atoms with Crippen molar-refractivity contribution in [2.24, 2.45) is 0 Å². The number of H-pyrrole nitrogens is 1. The maximum atomic E-state index is 13.0. The third-order valence-electron chi connectivity index (χ3n) is 6.83. The number of nitrogens with zero attached hydrogens (tertiary/aromatic N) is 2. The van der Waals surface area contributed by atoms with E-state index in [-0.39, 0.29) is 22.0 Å². The minimum Gasteiger partial charge on any atom is -0.508 e. The first-order chi connectivity index (χ1) is 20.0. The second-order valence-electron chi connectivity index (χ2n) is 9.81. The van der Waals surface area contributed by atoms with E-state index in [2.05, 4.69) is 9.97 Å². The molecular weight excluding hydrogens is 552 g/mol. The number of hydrogen-bond acceptors (Lipinski definition) is 7. The number of nitrogen functional groups attached to an aromatic ring is 1. The van der Waals surface area contributed by atoms with Crippen LogP contribution >= 0.6 is 0 Å². The molecule has 0 bridgehead atoms. The number of phenolic OH excluding ortho intramolecular Hbond substituents is 1. The monoisotopic (exact) mass is 580 g/mol. The summed E-state index contributed by atoms with van der Waals surface area (Å²) in [7, 11) is -3.13. The van der Waals surface area contributed by atoms with Crippen molar-refractivity contribution in [2.45, 2.75) is 18.4 Å². The van der Waals surface area contributed by atoms with E-state index in [1.165, 1.54) is 31.2 Å². The number of sulfone groups is 1. The van der Waals surface area contributed by atoms with Gasteiger partial charge in [-0.25, -0.2) is 13.4 Å². The van der Waals surface area contributed by atoms with Crippen molar-refractivity contribution in [2.75, 3.05) is 12.0 Å². The van der Waals surface area contributed by atoms with Gasteiger partial charge in [0.25, 0.3) is 5.56 Å². The highest BCUT2D eigenvalue weighted by Crippen LogP contribution is 2.39. The van der Waals surface area contributed by atoms with Gasteiger partial charge >= 0.3 is 0 Å². The smallest absolute Gasteiger partial charge is 0.255 e. The van der Waals surface area contributed by atoms with Gasteiger partial charge in [0.05, 0.1) is 16.1 Å². The number of rotatable bonds is 5. The van der Waals surface area contributed by atoms with Crippen LogP contribution < -0.4 is 11.3 Å². The molecule has 3 aromatic carbocycles. The van der Waals surface area contributed by atoms with Crippen molar-refractivity contribution in [3.8, 4) is 16.9 Å². The molecule has 4 N–H and O–H groups in total. The van der Waals surface area contributed by atoms with Gasteiger partial charge in [-0.2, -0.15) is 0 Å². The Kier molecular flexibility index (Phi) is 7.64. The summed E-state index contributed by atoms with van der Waals surface area (Å²) >= 11 is 0. The normalized spacial score (nSPS) is 11.3. The van der Waals surface area contributed by atoms with Crippen molar-refractivity contribution in [1.29, 1.82) is 0 Å². The third kappa shape index (κ3) is 5.65. The van der Waals surface area contributed by atoms with E-state index in [1.807, 2.05) is 47.0 Å². The number of benzene rings is 3. The Morgan fingerprint density at radius 3 is 2.40 bits per heavy atom. The average Bonchev–Trinajstić information content (AvgIpc) is 3.28. The molecule has 9 nitrogen and oxygen atoms in total. The van der Waals surface area contributed by atoms with E-state index in [4.69, 9.17) is 10.8 Å². The SMILES string of the molecule is CC(=O)c1c(-c2ccc[nH]c2=O)c2c3ccccc3ccc2n1Cc1ccnc(N)c1.CS(=O)(=O)c1ccc(O)cc1. The first kappa shape index (κ1) is 28.3. The number of nitrogens with two attached hydrogens (primary N) is 1. The lowest BCUT2D eigenvalue weighted by Gasteiger charge is -2.11. The predicted molar refractivity (Wildman–Crippen MR) is 164 cm³/mol. The van der Waals surface area contributed by atoms with E-state index in [0.717, 1.165) is 33.5 Å². The number of carbonyl (C=O) groups is 1. The van der Waals surface area contributed by atoms with Crippen molar-refractivity contribution in [3.63, 3.8) is 0 Å². The molecule has 212 valence electrons. The summed E-state index contributed by atoms with van der Waals surface area (Å²) in [5.74, 6) is 0.376. The second kappa shape index (κ2) is 11.3. The van der Waals surface area contributed by atoms with Crippen LogP contribution in [0.3, 0.4) is 0 Å². The lowest BCUT2D eigenvalue weighted by atomic mass is 9.97. The number of pyridine rings is 2. The summed E-state index contributed by atoms with van der Waals surface area (Å²) in [6, 6.07) is 24.7. The number of aromatic hydroxyl groups is 1. The van der Waals surface area contributed by atoms with E-state index in [0.29, 0.717) is 29.2 Å². The zero-order valence-electron chi connectivity index (χ0n) is 22.9. The minimum absolute atomic E-state index is 0.0670. The standard InChI is InChI=1S/C25H20N4O2.C7H8O3S/c1-15(30)24-23(19-7-4-11-28-25(19)31)22-18-6-3-2-5-17(18)8-9-20(22)29(24)14-16-10-12-27-21(26)13-16;1-11(9,10)7-4-2-6(8)3-5-7/h2-13H,14H2,1H3,(H2,26,27)(H,28,31);2-5,8H,1H3. The number of ketones is 1. The summed E-state index contributed by atoms with van der Waals surface area (Å²) in [4.78, 5) is 32.8. The maximum absolute atomic E-state index is 13.0. The number of hydrogen-bond donors (Lipinski definition) is 3. The molecule has 0 saturated carbocycles. The Balaban J connectivity index is 0.000000271. The molecule has 0 saturated heterocycles. The summed E-state index contributed by atoms with van der Waals surface area (Å²) in [6.07, 6.45) is 4.37. The van der Waals surface area contributed by atoms with Gasteiger partial charge in [-0.05, 0) is 70.9 Å². The molecule has 3 heterocycles. The zero-order valence-corrected chi connectivity index (χ0v) is 23.7. The number of phenols is 1. The molecule has 6 aromatic rings. The summed E-state index contributed by atoms with van der Waals surface area (Å²) < 4.78 is 23.7. The molecule has 0 aliphatic rings. The van der Waals surface area contributed by atoms with Gasteiger partial charge in [-0.15, -0.1) is 0 Å². The Morgan fingerprint density at radius 2 is 1.74 bits per heavy atom. The zero-order chi connectivity index (χ0) is 30.0. The van der Waals surface area contributed by atoms with Crippen LogP contribution in [0.25, 0.3) is 32.8 Å². The highest BCUT2D eigenvalue weighted by molar-refractivity contribution is 7.90. The molecule has 3 aromatic heterocycles. The van der Waals surface area contributed by atoms with Crippen LogP contribution in [-0.2, 0) is 16.4 Å². The van der Waals surface area contributed by atoms with Gasteiger partial charge in [0.15, 0.2) is 15.6 Å². The summed E-state index contributed by atoms with van der Waals surface area (Å²) in [5, 5.41) is 11.8. The summed E-state index contributed by atoms with van der Waals surface area (Å²) in [6.45, 7) is 1.97. The molecule has 0 amide bonds. The van der Waals surface area contributed by atoms with E-state index in [1.54, 1.807) is 30.6 Å². The summed E-state index contributed by atoms with van der Waals surface area (Å²) in [5.41, 5.74) is 9.09. The molecule has 0 aliphatic heterocycles. The van der Waals surface area contributed by atoms with Crippen molar-refractivity contribution < 1.29 is 18.3 Å². The van der Waals surface area contributed by atoms with Crippen LogP contribution in [0.1, 0.15) is 23.0 Å². The highest BCUT2D eigenvalue weighted by Gasteiger charge is 2.25. The molecule has 0 fully saturated rings. The number of fused-ring (bicyclic) bond motifs is 3. The molecule has 6 rings (SSSR count). The van der Waals surface area contributed by atoms with Crippen LogP contribution in [0.15, 0.2) is 107 Å². The van der Waals surface area contributed by atoms with Crippen LogP contribution in [0, 0.1) is 0 Å². The molecule has 0 aliphatic carbocycles. The van der Waals surface area contributed by atoms with E-state index < -0.39 is 9.84 Å². The largest absolute Gasteiger partial charge is 0.508 e. The van der Waals surface area contributed by atoms with Crippen LogP contribution in [0.2, 0.25) is 0 Å². The van der Waals surface area contributed by atoms with E-state index in [9.17, 15) is 18.0 Å². The topological polar surface area (TPSA) is 148 Å². The molecule has 0 radical (unpaired) electrons. The Morgan fingerprint density at radius 1 is 1.00 bits per heavy atom. The first-order valence-corrected chi connectivity index (χ1v) is 14.9. The Bertz CT molecular complexity index is 2110. The highest BCUT2D eigenvalue weighted by atomic mass is 32.2. The number of Topliss-reactive ketones (excluding diaryl/α,β-unsaturated/α-hetero) is 1. The van der Waals surface area contributed by atoms with Crippen LogP contribution in [0.4, 0.5) is 5.82 Å². The number of aromatic nitrogens is 3. The molecule has 0 spiro atoms. The predicted octanol–water partition coefficient (Wildman–Crippen LogP) is 5.17. The fraction of sp³-hybridized carbons (Fsp3) is 0.0938. The number of anilines is 1. The van der Waals surface area contributed by atoms with Crippen molar-refractivity contribution in [1.82, 2.24) is 14.5 Å². The number of carbonyl (C=O) groups excluding carboxylic acids is 1. The molecule has 10 heteroatoms. The number of nitrogens with one attached hydrogen (secondary N) is 1. The average molecular weight is 581 g/mol. The molecular formula is C32H28N4O5S. The quantitative estimate of drug-likeness (QED) is 0.238. The van der Waals surface area contributed by atoms with Crippen molar-refractivity contribution >= 4 is 43.1 Å². The number of aromatic amines is 1. The molecule has 0 atom stereocenters. The lowest BCUT2D eigenvalue weighted by molar-refractivity contribution is 0.101. The van der Waals surface area contributed by atoms with E-state index >= 15 is 0 Å². The van der Waals surface area contributed by atoms with Gasteiger partial charge in [0.2, 0.25) is 0 Å².